The summed E-state index contributed by atoms with van der Waals surface area (Å²) in [6, 6.07) is 19.0. The fourth-order valence-corrected chi connectivity index (χ4v) is 4.73. The number of carbonyl (C=O) groups excluding carboxylic acids is 1. The molecule has 3 aromatic carbocycles. The first-order valence-corrected chi connectivity index (χ1v) is 12.3. The molecular weight excluding hydrogens is 472 g/mol. The van der Waals surface area contributed by atoms with Crippen LogP contribution in [-0.2, 0) is 20.6 Å². The zero-order valence-electron chi connectivity index (χ0n) is 16.6. The molecule has 0 atom stereocenters. The lowest BCUT2D eigenvalue weighted by atomic mass is 10.1. The summed E-state index contributed by atoms with van der Waals surface area (Å²) in [4.78, 5) is 23.4. The normalized spacial score (nSPS) is 11.0. The Kier molecular flexibility index (Phi) is 7.79. The van der Waals surface area contributed by atoms with Crippen molar-refractivity contribution in [3.8, 4) is 0 Å². The molecule has 3 N–H and O–H groups in total. The molecule has 0 saturated heterocycles. The van der Waals surface area contributed by atoms with E-state index in [1.807, 2.05) is 0 Å². The lowest BCUT2D eigenvalue weighted by molar-refractivity contribution is -0.133. The van der Waals surface area contributed by atoms with Gasteiger partial charge in [0, 0.05) is 16.5 Å². The van der Waals surface area contributed by atoms with Gasteiger partial charge < -0.3 is 10.4 Å². The number of hydrogen-bond acceptors (Lipinski definition) is 5. The van der Waals surface area contributed by atoms with E-state index >= 15 is 0 Å². The number of carbonyl (C=O) groups is 2. The number of carboxylic acids is 1. The molecule has 1 amide bonds. The molecule has 0 heterocycles. The van der Waals surface area contributed by atoms with E-state index in [1.54, 1.807) is 48.5 Å². The van der Waals surface area contributed by atoms with E-state index in [2.05, 4.69) is 10.0 Å². The minimum absolute atomic E-state index is 0.0128. The highest BCUT2D eigenvalue weighted by Crippen LogP contribution is 2.23. The number of amides is 1. The van der Waals surface area contributed by atoms with Crippen LogP contribution in [0.3, 0.4) is 0 Å². The van der Waals surface area contributed by atoms with Crippen LogP contribution in [0.25, 0.3) is 0 Å². The Bertz CT molecular complexity index is 1230. The van der Waals surface area contributed by atoms with Gasteiger partial charge in [0.25, 0.3) is 15.9 Å². The summed E-state index contributed by atoms with van der Waals surface area (Å²) in [5.74, 6) is -1.14. The average Bonchev–Trinajstić information content (AvgIpc) is 2.75. The van der Waals surface area contributed by atoms with Crippen molar-refractivity contribution in [2.45, 2.75) is 10.6 Å². The van der Waals surface area contributed by atoms with Gasteiger partial charge in [0.05, 0.1) is 21.9 Å². The van der Waals surface area contributed by atoms with E-state index in [1.165, 1.54) is 36.0 Å². The maximum atomic E-state index is 12.9. The van der Waals surface area contributed by atoms with Crippen molar-refractivity contribution in [2.24, 2.45) is 0 Å². The predicted octanol–water partition coefficient (Wildman–Crippen LogP) is 4.71. The minimum Gasteiger partial charge on any atom is -0.481 e. The van der Waals surface area contributed by atoms with Crippen LogP contribution in [0.15, 0.2) is 77.7 Å². The van der Waals surface area contributed by atoms with Crippen molar-refractivity contribution >= 4 is 56.6 Å². The molecule has 0 radical (unpaired) electrons. The van der Waals surface area contributed by atoms with Crippen LogP contribution in [0.2, 0.25) is 5.02 Å². The number of sulfonamides is 1. The maximum absolute atomic E-state index is 12.9. The van der Waals surface area contributed by atoms with Crippen LogP contribution in [0.5, 0.6) is 0 Å². The number of aliphatic carboxylic acids is 1. The lowest BCUT2D eigenvalue weighted by Gasteiger charge is -2.13. The van der Waals surface area contributed by atoms with Crippen molar-refractivity contribution in [3.63, 3.8) is 0 Å². The number of anilines is 2. The molecule has 32 heavy (non-hydrogen) atoms. The molecule has 3 rings (SSSR count). The number of carboxylic acid groups (broad SMARTS) is 1. The van der Waals surface area contributed by atoms with E-state index < -0.39 is 21.9 Å². The van der Waals surface area contributed by atoms with E-state index in [0.29, 0.717) is 22.0 Å². The number of halogens is 1. The summed E-state index contributed by atoms with van der Waals surface area (Å²) in [5, 5.41) is 12.0. The molecule has 0 fully saturated rings. The summed E-state index contributed by atoms with van der Waals surface area (Å²) >= 11 is 7.03. The molecule has 0 aliphatic carbocycles. The van der Waals surface area contributed by atoms with Gasteiger partial charge in [-0.25, -0.2) is 8.42 Å². The Morgan fingerprint density at radius 1 is 0.969 bits per heavy atom. The first kappa shape index (κ1) is 23.6. The SMILES string of the molecule is O=C(O)CSCc1cccc(S(=O)(=O)Nc2ccccc2C(=O)Nc2ccc(Cl)cc2)c1. The third-order valence-corrected chi connectivity index (χ3v) is 6.82. The third-order valence-electron chi connectivity index (χ3n) is 4.22. The Morgan fingerprint density at radius 2 is 1.69 bits per heavy atom. The summed E-state index contributed by atoms with van der Waals surface area (Å²) in [7, 11) is -3.98. The van der Waals surface area contributed by atoms with Gasteiger partial charge in [-0.15, -0.1) is 11.8 Å². The summed E-state index contributed by atoms with van der Waals surface area (Å²) in [5.41, 5.74) is 1.47. The second kappa shape index (κ2) is 10.5. The summed E-state index contributed by atoms with van der Waals surface area (Å²) in [6.45, 7) is 0. The number of benzene rings is 3. The summed E-state index contributed by atoms with van der Waals surface area (Å²) < 4.78 is 28.4. The topological polar surface area (TPSA) is 113 Å². The zero-order chi connectivity index (χ0) is 23.1. The molecule has 0 aliphatic rings. The van der Waals surface area contributed by atoms with Gasteiger partial charge in [-0.05, 0) is 54.1 Å². The Labute approximate surface area is 194 Å². The van der Waals surface area contributed by atoms with Gasteiger partial charge in [0.15, 0.2) is 0 Å². The number of hydrogen-bond donors (Lipinski definition) is 3. The fourth-order valence-electron chi connectivity index (χ4n) is 2.76. The Balaban J connectivity index is 1.79. The zero-order valence-corrected chi connectivity index (χ0v) is 19.0. The van der Waals surface area contributed by atoms with Gasteiger partial charge in [0.2, 0.25) is 0 Å². The van der Waals surface area contributed by atoms with Gasteiger partial charge >= 0.3 is 5.97 Å². The lowest BCUT2D eigenvalue weighted by Crippen LogP contribution is -2.18. The highest BCUT2D eigenvalue weighted by atomic mass is 35.5. The van der Waals surface area contributed by atoms with E-state index in [-0.39, 0.29) is 21.9 Å². The van der Waals surface area contributed by atoms with Crippen LogP contribution in [0.1, 0.15) is 15.9 Å². The Morgan fingerprint density at radius 3 is 2.41 bits per heavy atom. The molecule has 0 saturated carbocycles. The van der Waals surface area contributed by atoms with Gasteiger partial charge in [0.1, 0.15) is 0 Å². The van der Waals surface area contributed by atoms with Crippen molar-refractivity contribution in [3.05, 3.63) is 88.9 Å². The highest BCUT2D eigenvalue weighted by molar-refractivity contribution is 7.99. The van der Waals surface area contributed by atoms with Crippen molar-refractivity contribution < 1.29 is 23.1 Å². The first-order valence-electron chi connectivity index (χ1n) is 9.32. The standard InChI is InChI=1S/C22H19ClN2O5S2/c23-16-8-10-17(11-9-16)24-22(28)19-6-1-2-7-20(19)25-32(29,30)18-5-3-4-15(12-18)13-31-14-21(26)27/h1-12,25H,13-14H2,(H,24,28)(H,26,27). The molecule has 0 spiro atoms. The maximum Gasteiger partial charge on any atom is 0.313 e. The van der Waals surface area contributed by atoms with Gasteiger partial charge in [-0.3, -0.25) is 14.3 Å². The van der Waals surface area contributed by atoms with Crippen LogP contribution >= 0.6 is 23.4 Å². The van der Waals surface area contributed by atoms with Crippen molar-refractivity contribution in [1.29, 1.82) is 0 Å². The predicted molar refractivity (Wildman–Crippen MR) is 127 cm³/mol. The van der Waals surface area contributed by atoms with Crippen molar-refractivity contribution in [1.82, 2.24) is 0 Å². The number of rotatable bonds is 9. The monoisotopic (exact) mass is 490 g/mol. The van der Waals surface area contributed by atoms with Crippen LogP contribution in [0.4, 0.5) is 11.4 Å². The highest BCUT2D eigenvalue weighted by Gasteiger charge is 2.19. The van der Waals surface area contributed by atoms with Crippen LogP contribution in [0, 0.1) is 0 Å². The van der Waals surface area contributed by atoms with E-state index in [4.69, 9.17) is 16.7 Å². The summed E-state index contributed by atoms with van der Waals surface area (Å²) in [6.07, 6.45) is 0. The van der Waals surface area contributed by atoms with E-state index in [0.717, 1.165) is 0 Å². The first-order chi connectivity index (χ1) is 15.2. The Hall–Kier alpha value is -3.01. The smallest absolute Gasteiger partial charge is 0.313 e. The second-order valence-corrected chi connectivity index (χ2v) is 9.75. The average molecular weight is 491 g/mol. The van der Waals surface area contributed by atoms with E-state index in [9.17, 15) is 18.0 Å². The van der Waals surface area contributed by atoms with Crippen LogP contribution < -0.4 is 10.0 Å². The van der Waals surface area contributed by atoms with Crippen molar-refractivity contribution in [2.75, 3.05) is 15.8 Å². The molecule has 0 aromatic heterocycles. The number of thioether (sulfide) groups is 1. The molecular formula is C22H19ClN2O5S2. The van der Waals surface area contributed by atoms with Gasteiger partial charge in [-0.2, -0.15) is 0 Å². The molecule has 7 nitrogen and oxygen atoms in total. The molecule has 0 unspecified atom stereocenters. The molecule has 166 valence electrons. The van der Waals surface area contributed by atoms with Crippen LogP contribution in [-0.4, -0.2) is 31.2 Å². The number of nitrogens with one attached hydrogen (secondary N) is 2. The molecule has 3 aromatic rings. The number of para-hydroxylation sites is 1. The largest absolute Gasteiger partial charge is 0.481 e. The molecule has 10 heteroatoms. The quantitative estimate of drug-likeness (QED) is 0.400. The fraction of sp³-hybridized carbons (Fsp3) is 0.0909. The molecule has 0 bridgehead atoms. The minimum atomic E-state index is -3.98. The third kappa shape index (κ3) is 6.49. The molecule has 0 aliphatic heterocycles. The van der Waals surface area contributed by atoms with Gasteiger partial charge in [-0.1, -0.05) is 35.9 Å². The second-order valence-electron chi connectivity index (χ2n) is 6.65.